The number of hydrogen-bond acceptors (Lipinski definition) is 6. The molecule has 0 aliphatic rings. The van der Waals surface area contributed by atoms with Gasteiger partial charge in [0.15, 0.2) is 0 Å². The number of fused-ring (bicyclic) bond motifs is 3. The van der Waals surface area contributed by atoms with Crippen molar-refractivity contribution in [3.05, 3.63) is 103 Å². The molecule has 6 heteroatoms. The molecule has 214 valence electrons. The van der Waals surface area contributed by atoms with Gasteiger partial charge in [0, 0.05) is 11.1 Å². The van der Waals surface area contributed by atoms with Crippen molar-refractivity contribution >= 4 is 44.3 Å². The van der Waals surface area contributed by atoms with E-state index in [-0.39, 0.29) is 23.0 Å². The van der Waals surface area contributed by atoms with Crippen LogP contribution in [0, 0.1) is 5.41 Å². The molecule has 0 aromatic heterocycles. The molecule has 0 amide bonds. The van der Waals surface area contributed by atoms with E-state index in [1.54, 1.807) is 18.2 Å². The van der Waals surface area contributed by atoms with Crippen LogP contribution in [0.1, 0.15) is 31.1 Å². The van der Waals surface area contributed by atoms with Gasteiger partial charge >= 0.3 is 11.9 Å². The van der Waals surface area contributed by atoms with Gasteiger partial charge in [0.25, 0.3) is 0 Å². The third-order valence-electron chi connectivity index (χ3n) is 7.64. The summed E-state index contributed by atoms with van der Waals surface area (Å²) in [5, 5.41) is 27.4. The Kier molecular flexibility index (Phi) is 6.77. The van der Waals surface area contributed by atoms with Gasteiger partial charge in [-0.3, -0.25) is 4.79 Å². The number of carbonyl (C=O) groups excluding carboxylic acids is 2. The molecule has 0 aliphatic carbocycles. The van der Waals surface area contributed by atoms with Gasteiger partial charge in [-0.1, -0.05) is 60.7 Å². The van der Waals surface area contributed by atoms with Crippen LogP contribution in [-0.2, 0) is 9.53 Å². The molecule has 2 N–H and O–H groups in total. The summed E-state index contributed by atoms with van der Waals surface area (Å²) in [6.07, 6.45) is 0. The van der Waals surface area contributed by atoms with Crippen LogP contribution in [0.25, 0.3) is 54.6 Å². The Morgan fingerprint density at radius 1 is 0.651 bits per heavy atom. The average Bonchev–Trinajstić information content (AvgIpc) is 3.00. The van der Waals surface area contributed by atoms with E-state index in [2.05, 4.69) is 6.07 Å². The molecule has 0 aliphatic heterocycles. The van der Waals surface area contributed by atoms with Crippen LogP contribution in [-0.4, -0.2) is 29.3 Å². The summed E-state index contributed by atoms with van der Waals surface area (Å²) in [7, 11) is 1.26. The standard InChI is InChI=1S/C37H30O6/c1-37(2,3)36(41)43-27-14-11-22-17-21(9-10-24(22)19-27)23-12-15-29-26(18-23)13-16-31(38)32(29)33-28-8-6-5-7-25(28)20-30(34(33)39)35(40)42-4/h5-20,38-39H,1-4H3. The van der Waals surface area contributed by atoms with E-state index in [0.717, 1.165) is 38.1 Å². The topological polar surface area (TPSA) is 93.1 Å². The van der Waals surface area contributed by atoms with Crippen LogP contribution >= 0.6 is 0 Å². The molecule has 6 aromatic carbocycles. The Labute approximate surface area is 248 Å². The predicted octanol–water partition coefficient (Wildman–Crippen LogP) is 8.63. The normalized spacial score (nSPS) is 11.6. The number of phenols is 2. The number of esters is 2. The molecule has 0 saturated heterocycles. The lowest BCUT2D eigenvalue weighted by Gasteiger charge is -2.17. The highest BCUT2D eigenvalue weighted by molar-refractivity contribution is 6.13. The van der Waals surface area contributed by atoms with E-state index < -0.39 is 11.4 Å². The Balaban J connectivity index is 1.45. The summed E-state index contributed by atoms with van der Waals surface area (Å²) in [6.45, 7) is 5.46. The Bertz CT molecular complexity index is 2080. The zero-order valence-electron chi connectivity index (χ0n) is 24.3. The lowest BCUT2D eigenvalue weighted by molar-refractivity contribution is -0.142. The minimum absolute atomic E-state index is 0.0172. The van der Waals surface area contributed by atoms with E-state index >= 15 is 0 Å². The number of carbonyl (C=O) groups is 2. The zero-order valence-corrected chi connectivity index (χ0v) is 24.3. The fourth-order valence-electron chi connectivity index (χ4n) is 5.34. The summed E-state index contributed by atoms with van der Waals surface area (Å²) in [4.78, 5) is 24.9. The fraction of sp³-hybridized carbons (Fsp3) is 0.135. The van der Waals surface area contributed by atoms with E-state index in [4.69, 9.17) is 9.47 Å². The first-order valence-corrected chi connectivity index (χ1v) is 13.9. The molecule has 6 nitrogen and oxygen atoms in total. The number of phenolic OH excluding ortho intramolecular Hbond substituents is 2. The third kappa shape index (κ3) is 5.01. The lowest BCUT2D eigenvalue weighted by atomic mass is 9.89. The van der Waals surface area contributed by atoms with Crippen molar-refractivity contribution in [2.45, 2.75) is 20.8 Å². The second-order valence-electron chi connectivity index (χ2n) is 11.6. The molecule has 0 heterocycles. The number of benzene rings is 6. The second kappa shape index (κ2) is 10.5. The third-order valence-corrected chi connectivity index (χ3v) is 7.64. The minimum atomic E-state index is -0.665. The van der Waals surface area contributed by atoms with Crippen molar-refractivity contribution in [2.75, 3.05) is 7.11 Å². The van der Waals surface area contributed by atoms with Crippen LogP contribution < -0.4 is 4.74 Å². The van der Waals surface area contributed by atoms with Gasteiger partial charge in [-0.2, -0.15) is 0 Å². The van der Waals surface area contributed by atoms with Gasteiger partial charge in [-0.15, -0.1) is 0 Å². The van der Waals surface area contributed by atoms with E-state index in [9.17, 15) is 19.8 Å². The highest BCUT2D eigenvalue weighted by atomic mass is 16.5. The molecule has 0 unspecified atom stereocenters. The van der Waals surface area contributed by atoms with Crippen molar-refractivity contribution in [2.24, 2.45) is 5.41 Å². The SMILES string of the molecule is COC(=O)c1cc2ccccc2c(-c2c(O)ccc3cc(-c4ccc5cc(OC(=O)C(C)(C)C)ccc5c4)ccc23)c1O. The van der Waals surface area contributed by atoms with Crippen molar-refractivity contribution in [1.29, 1.82) is 0 Å². The zero-order chi connectivity index (χ0) is 30.5. The minimum Gasteiger partial charge on any atom is -0.507 e. The number of rotatable bonds is 4. The first kappa shape index (κ1) is 27.8. The number of methoxy groups -OCH3 is 1. The molecule has 0 bridgehead atoms. The van der Waals surface area contributed by atoms with Gasteiger partial charge in [0.05, 0.1) is 12.5 Å². The summed E-state index contributed by atoms with van der Waals surface area (Å²) in [6, 6.07) is 30.0. The summed E-state index contributed by atoms with van der Waals surface area (Å²) in [5.41, 5.74) is 2.18. The van der Waals surface area contributed by atoms with E-state index in [1.807, 2.05) is 93.6 Å². The van der Waals surface area contributed by atoms with Crippen LogP contribution in [0.5, 0.6) is 17.2 Å². The van der Waals surface area contributed by atoms with Gasteiger partial charge in [-0.25, -0.2) is 4.79 Å². The number of ether oxygens (including phenoxy) is 2. The van der Waals surface area contributed by atoms with E-state index in [0.29, 0.717) is 22.3 Å². The van der Waals surface area contributed by atoms with Crippen LogP contribution in [0.2, 0.25) is 0 Å². The highest BCUT2D eigenvalue weighted by Gasteiger charge is 2.24. The first-order chi connectivity index (χ1) is 20.5. The van der Waals surface area contributed by atoms with Gasteiger partial charge < -0.3 is 19.7 Å². The molecular weight excluding hydrogens is 540 g/mol. The Hall–Kier alpha value is -5.36. The van der Waals surface area contributed by atoms with Crippen LogP contribution in [0.4, 0.5) is 0 Å². The van der Waals surface area contributed by atoms with Crippen LogP contribution in [0.3, 0.4) is 0 Å². The summed E-state index contributed by atoms with van der Waals surface area (Å²) in [5.74, 6) is -0.716. The van der Waals surface area contributed by atoms with Gasteiger partial charge in [0.1, 0.15) is 22.8 Å². The first-order valence-electron chi connectivity index (χ1n) is 13.9. The van der Waals surface area contributed by atoms with Crippen molar-refractivity contribution in [3.63, 3.8) is 0 Å². The van der Waals surface area contributed by atoms with Crippen LogP contribution in [0.15, 0.2) is 97.1 Å². The smallest absolute Gasteiger partial charge is 0.341 e. The molecule has 6 rings (SSSR count). The largest absolute Gasteiger partial charge is 0.507 e. The van der Waals surface area contributed by atoms with Crippen molar-refractivity contribution in [3.8, 4) is 39.5 Å². The molecule has 0 saturated carbocycles. The maximum atomic E-state index is 12.5. The summed E-state index contributed by atoms with van der Waals surface area (Å²) < 4.78 is 10.5. The quantitative estimate of drug-likeness (QED) is 0.163. The Morgan fingerprint density at radius 2 is 1.26 bits per heavy atom. The van der Waals surface area contributed by atoms with Crippen molar-refractivity contribution < 1.29 is 29.3 Å². The number of hydrogen-bond donors (Lipinski definition) is 2. The average molecular weight is 571 g/mol. The molecule has 6 aromatic rings. The molecule has 0 fully saturated rings. The molecular formula is C37H30O6. The van der Waals surface area contributed by atoms with Gasteiger partial charge in [-0.05, 0) is 101 Å². The maximum absolute atomic E-state index is 12.5. The monoisotopic (exact) mass is 570 g/mol. The fourth-order valence-corrected chi connectivity index (χ4v) is 5.34. The Morgan fingerprint density at radius 3 is 2.00 bits per heavy atom. The number of aromatic hydroxyl groups is 2. The predicted molar refractivity (Wildman–Crippen MR) is 170 cm³/mol. The lowest BCUT2D eigenvalue weighted by Crippen LogP contribution is -2.25. The van der Waals surface area contributed by atoms with Crippen molar-refractivity contribution in [1.82, 2.24) is 0 Å². The van der Waals surface area contributed by atoms with E-state index in [1.165, 1.54) is 7.11 Å². The van der Waals surface area contributed by atoms with Gasteiger partial charge in [0.2, 0.25) is 0 Å². The second-order valence-corrected chi connectivity index (χ2v) is 11.6. The molecule has 43 heavy (non-hydrogen) atoms. The molecule has 0 spiro atoms. The molecule has 0 atom stereocenters. The molecule has 0 radical (unpaired) electrons. The maximum Gasteiger partial charge on any atom is 0.341 e. The highest BCUT2D eigenvalue weighted by Crippen LogP contribution is 2.46. The summed E-state index contributed by atoms with van der Waals surface area (Å²) >= 11 is 0.